The monoisotopic (exact) mass is 546 g/mol. The van der Waals surface area contributed by atoms with Gasteiger partial charge in [-0.15, -0.1) is 0 Å². The smallest absolute Gasteiger partial charge is 0.136 e. The lowest BCUT2D eigenvalue weighted by molar-refractivity contribution is 0.669. The fourth-order valence-corrected chi connectivity index (χ4v) is 7.02. The second-order valence-corrected chi connectivity index (χ2v) is 11.2. The summed E-state index contributed by atoms with van der Waals surface area (Å²) in [6, 6.07) is 56.7. The van der Waals surface area contributed by atoms with Gasteiger partial charge < -0.3 is 4.42 Å². The van der Waals surface area contributed by atoms with Gasteiger partial charge in [0, 0.05) is 10.8 Å². The van der Waals surface area contributed by atoms with Crippen molar-refractivity contribution in [3.8, 4) is 33.4 Å². The zero-order valence-electron chi connectivity index (χ0n) is 23.4. The summed E-state index contributed by atoms with van der Waals surface area (Å²) in [5.74, 6) is 0. The van der Waals surface area contributed by atoms with Crippen LogP contribution in [0.5, 0.6) is 0 Å². The van der Waals surface area contributed by atoms with Crippen LogP contribution in [0.4, 0.5) is 0 Å². The summed E-state index contributed by atoms with van der Waals surface area (Å²) in [7, 11) is 0. The Morgan fingerprint density at radius 1 is 0.326 bits per heavy atom. The molecule has 1 aromatic heterocycles. The molecule has 200 valence electrons. The van der Waals surface area contributed by atoms with E-state index in [1.165, 1.54) is 65.7 Å². The summed E-state index contributed by atoms with van der Waals surface area (Å²) in [6.45, 7) is 0. The highest BCUT2D eigenvalue weighted by Crippen LogP contribution is 2.45. The molecule has 8 aromatic carbocycles. The largest absolute Gasteiger partial charge is 0.456 e. The minimum atomic E-state index is 0.904. The second kappa shape index (κ2) is 9.44. The Morgan fingerprint density at radius 2 is 0.884 bits per heavy atom. The fourth-order valence-electron chi connectivity index (χ4n) is 7.02. The van der Waals surface area contributed by atoms with Crippen molar-refractivity contribution in [2.75, 3.05) is 0 Å². The Labute approximate surface area is 249 Å². The summed E-state index contributed by atoms with van der Waals surface area (Å²) in [5, 5.41) is 9.80. The molecule has 1 heterocycles. The Bertz CT molecular complexity index is 2440. The highest BCUT2D eigenvalue weighted by atomic mass is 16.3. The molecule has 0 atom stereocenters. The molecule has 0 bridgehead atoms. The Morgan fingerprint density at radius 3 is 1.60 bits per heavy atom. The van der Waals surface area contributed by atoms with Crippen molar-refractivity contribution in [2.24, 2.45) is 0 Å². The number of rotatable bonds is 3. The highest BCUT2D eigenvalue weighted by Gasteiger charge is 2.19. The summed E-state index contributed by atoms with van der Waals surface area (Å²) < 4.78 is 6.47. The molecule has 0 amide bonds. The van der Waals surface area contributed by atoms with Gasteiger partial charge >= 0.3 is 0 Å². The van der Waals surface area contributed by atoms with Crippen molar-refractivity contribution < 1.29 is 4.42 Å². The van der Waals surface area contributed by atoms with Crippen LogP contribution in [0.1, 0.15) is 0 Å². The zero-order valence-corrected chi connectivity index (χ0v) is 23.4. The third-order valence-electron chi connectivity index (χ3n) is 8.86. The molecule has 0 aliphatic rings. The van der Waals surface area contributed by atoms with Gasteiger partial charge in [-0.05, 0) is 83.9 Å². The van der Waals surface area contributed by atoms with Gasteiger partial charge in [-0.2, -0.15) is 0 Å². The van der Waals surface area contributed by atoms with Crippen LogP contribution in [0.25, 0.3) is 87.6 Å². The van der Waals surface area contributed by atoms with Crippen LogP contribution < -0.4 is 0 Å². The SMILES string of the molecule is c1ccc(-c2c3ccccc3c(-c3ccc4oc5cccc(-c6cccc7ccccc67)c5c4c3)c3ccccc23)cc1. The number of furan rings is 1. The lowest BCUT2D eigenvalue weighted by Crippen LogP contribution is -1.90. The molecule has 9 rings (SSSR count). The average molecular weight is 547 g/mol. The first-order valence-electron chi connectivity index (χ1n) is 14.8. The average Bonchev–Trinajstić information content (AvgIpc) is 3.45. The van der Waals surface area contributed by atoms with Gasteiger partial charge in [-0.25, -0.2) is 0 Å². The molecule has 1 heteroatoms. The van der Waals surface area contributed by atoms with Gasteiger partial charge in [0.2, 0.25) is 0 Å². The first-order valence-corrected chi connectivity index (χ1v) is 14.8. The van der Waals surface area contributed by atoms with Gasteiger partial charge in [-0.3, -0.25) is 0 Å². The molecule has 0 saturated carbocycles. The normalized spacial score (nSPS) is 11.7. The Hall–Kier alpha value is -5.66. The fraction of sp³-hybridized carbons (Fsp3) is 0. The Kier molecular flexibility index (Phi) is 5.27. The molecular weight excluding hydrogens is 520 g/mol. The number of benzene rings is 8. The molecule has 43 heavy (non-hydrogen) atoms. The first kappa shape index (κ1) is 24.0. The minimum Gasteiger partial charge on any atom is -0.456 e. The molecular formula is C42H26O. The van der Waals surface area contributed by atoms with Gasteiger partial charge in [0.05, 0.1) is 0 Å². The molecule has 1 nitrogen and oxygen atoms in total. The van der Waals surface area contributed by atoms with E-state index in [4.69, 9.17) is 4.42 Å². The highest BCUT2D eigenvalue weighted by molar-refractivity contribution is 6.23. The minimum absolute atomic E-state index is 0.904. The van der Waals surface area contributed by atoms with Crippen molar-refractivity contribution in [1.82, 2.24) is 0 Å². The van der Waals surface area contributed by atoms with E-state index in [2.05, 4.69) is 158 Å². The van der Waals surface area contributed by atoms with Crippen LogP contribution >= 0.6 is 0 Å². The van der Waals surface area contributed by atoms with E-state index in [1.807, 2.05) is 0 Å². The van der Waals surface area contributed by atoms with Gasteiger partial charge in [0.1, 0.15) is 11.2 Å². The summed E-state index contributed by atoms with van der Waals surface area (Å²) in [6.07, 6.45) is 0. The quantitative estimate of drug-likeness (QED) is 0.201. The first-order chi connectivity index (χ1) is 21.3. The van der Waals surface area contributed by atoms with Gasteiger partial charge in [-0.1, -0.05) is 140 Å². The van der Waals surface area contributed by atoms with Gasteiger partial charge in [0.15, 0.2) is 0 Å². The maximum absolute atomic E-state index is 6.47. The molecule has 0 saturated heterocycles. The van der Waals surface area contributed by atoms with E-state index in [0.29, 0.717) is 0 Å². The third kappa shape index (κ3) is 3.65. The Balaban J connectivity index is 1.37. The van der Waals surface area contributed by atoms with E-state index in [1.54, 1.807) is 0 Å². The predicted molar refractivity (Wildman–Crippen MR) is 183 cm³/mol. The van der Waals surface area contributed by atoms with Gasteiger partial charge in [0.25, 0.3) is 0 Å². The topological polar surface area (TPSA) is 13.1 Å². The molecule has 9 aromatic rings. The number of hydrogen-bond donors (Lipinski definition) is 0. The molecule has 0 radical (unpaired) electrons. The predicted octanol–water partition coefficient (Wildman–Crippen LogP) is 12.0. The maximum Gasteiger partial charge on any atom is 0.136 e. The summed E-state index contributed by atoms with van der Waals surface area (Å²) in [4.78, 5) is 0. The maximum atomic E-state index is 6.47. The standard InChI is InChI=1S/C42H26O/c1-2-13-28(14-3-1)40-33-17-6-8-19-35(33)41(36-20-9-7-18-34(36)40)29-24-25-38-37(26-29)42-32(22-11-23-39(42)43-38)31-21-10-15-27-12-4-5-16-30(27)31/h1-26H. The van der Waals surface area contributed by atoms with Crippen molar-refractivity contribution in [1.29, 1.82) is 0 Å². The molecule has 0 N–H and O–H groups in total. The van der Waals surface area contributed by atoms with Crippen LogP contribution in [-0.2, 0) is 0 Å². The van der Waals surface area contributed by atoms with Crippen LogP contribution in [0.2, 0.25) is 0 Å². The van der Waals surface area contributed by atoms with Crippen LogP contribution in [0.15, 0.2) is 162 Å². The molecule has 0 spiro atoms. The second-order valence-electron chi connectivity index (χ2n) is 11.2. The number of hydrogen-bond acceptors (Lipinski definition) is 1. The van der Waals surface area contributed by atoms with E-state index >= 15 is 0 Å². The van der Waals surface area contributed by atoms with Crippen LogP contribution in [-0.4, -0.2) is 0 Å². The summed E-state index contributed by atoms with van der Waals surface area (Å²) >= 11 is 0. The molecule has 0 fully saturated rings. The van der Waals surface area contributed by atoms with Crippen LogP contribution in [0, 0.1) is 0 Å². The van der Waals surface area contributed by atoms with Crippen molar-refractivity contribution >= 4 is 54.3 Å². The lowest BCUT2D eigenvalue weighted by Gasteiger charge is -2.17. The molecule has 0 unspecified atom stereocenters. The van der Waals surface area contributed by atoms with Crippen molar-refractivity contribution in [3.05, 3.63) is 158 Å². The van der Waals surface area contributed by atoms with Crippen molar-refractivity contribution in [2.45, 2.75) is 0 Å². The van der Waals surface area contributed by atoms with E-state index < -0.39 is 0 Å². The van der Waals surface area contributed by atoms with E-state index in [0.717, 1.165) is 21.9 Å². The third-order valence-corrected chi connectivity index (χ3v) is 8.86. The van der Waals surface area contributed by atoms with E-state index in [-0.39, 0.29) is 0 Å². The van der Waals surface area contributed by atoms with Crippen LogP contribution in [0.3, 0.4) is 0 Å². The zero-order chi connectivity index (χ0) is 28.3. The molecule has 0 aliphatic carbocycles. The van der Waals surface area contributed by atoms with Crippen molar-refractivity contribution in [3.63, 3.8) is 0 Å². The lowest BCUT2D eigenvalue weighted by atomic mass is 9.85. The summed E-state index contributed by atoms with van der Waals surface area (Å²) in [5.41, 5.74) is 9.19. The van der Waals surface area contributed by atoms with E-state index in [9.17, 15) is 0 Å². The number of fused-ring (bicyclic) bond motifs is 6. The molecule has 0 aliphatic heterocycles.